The topological polar surface area (TPSA) is 58.9 Å². The highest BCUT2D eigenvalue weighted by Crippen LogP contribution is 2.31. The molecule has 0 unspecified atom stereocenters. The first-order valence-corrected chi connectivity index (χ1v) is 3.56. The Morgan fingerprint density at radius 1 is 1.55 bits per heavy atom. The van der Waals surface area contributed by atoms with Crippen LogP contribution in [-0.2, 0) is 9.47 Å². The summed E-state index contributed by atoms with van der Waals surface area (Å²) in [5.74, 6) is -1.18. The van der Waals surface area contributed by atoms with Crippen LogP contribution >= 0.6 is 0 Å². The zero-order valence-corrected chi connectivity index (χ0v) is 5.93. The second-order valence-electron chi connectivity index (χ2n) is 2.77. The zero-order chi connectivity index (χ0) is 7.90. The highest BCUT2D eigenvalue weighted by molar-refractivity contribution is 5.09. The first kappa shape index (κ1) is 7.24. The third kappa shape index (κ3) is 0.911. The molecule has 11 heavy (non-hydrogen) atoms. The molecule has 1 saturated heterocycles. The van der Waals surface area contributed by atoms with Crippen molar-refractivity contribution in [1.82, 2.24) is 0 Å². The molecule has 2 aliphatic rings. The molecule has 2 rings (SSSR count). The largest absolute Gasteiger partial charge is 0.391 e. The molecule has 0 spiro atoms. The second kappa shape index (κ2) is 2.28. The number of ether oxygens (including phenoxy) is 2. The summed E-state index contributed by atoms with van der Waals surface area (Å²) in [5, 5.41) is 18.2. The van der Waals surface area contributed by atoms with Gasteiger partial charge in [0.25, 0.3) is 0 Å². The van der Waals surface area contributed by atoms with Gasteiger partial charge in [0.2, 0.25) is 5.79 Å². The van der Waals surface area contributed by atoms with Crippen LogP contribution in [0.4, 0.5) is 0 Å². The van der Waals surface area contributed by atoms with Gasteiger partial charge in [0.05, 0.1) is 6.61 Å². The molecule has 0 aliphatic carbocycles. The molecular formula is C7H10O4. The molecule has 2 bridgehead atoms. The summed E-state index contributed by atoms with van der Waals surface area (Å²) in [6, 6.07) is 0. The molecule has 4 heteroatoms. The van der Waals surface area contributed by atoms with Crippen molar-refractivity contribution in [3.63, 3.8) is 0 Å². The fraction of sp³-hybridized carbons (Fsp3) is 0.714. The SMILES string of the molecule is OC[C@@]12OC[C@@H](C=C[C@H]1O)O2. The number of hydrogen-bond donors (Lipinski definition) is 2. The second-order valence-corrected chi connectivity index (χ2v) is 2.77. The van der Waals surface area contributed by atoms with Gasteiger partial charge in [-0.1, -0.05) is 12.2 Å². The van der Waals surface area contributed by atoms with Gasteiger partial charge in [-0.15, -0.1) is 0 Å². The average molecular weight is 158 g/mol. The molecule has 3 atom stereocenters. The Labute approximate surface area is 64.0 Å². The van der Waals surface area contributed by atoms with Gasteiger partial charge in [-0.25, -0.2) is 0 Å². The maximum Gasteiger partial charge on any atom is 0.222 e. The molecule has 0 amide bonds. The number of rotatable bonds is 1. The summed E-state index contributed by atoms with van der Waals surface area (Å²) in [5.41, 5.74) is 0. The minimum atomic E-state index is -1.18. The average Bonchev–Trinajstić information content (AvgIpc) is 2.39. The van der Waals surface area contributed by atoms with Gasteiger partial charge in [0.1, 0.15) is 18.8 Å². The lowest BCUT2D eigenvalue weighted by atomic mass is 10.1. The third-order valence-corrected chi connectivity index (χ3v) is 2.02. The molecule has 2 heterocycles. The van der Waals surface area contributed by atoms with Crippen molar-refractivity contribution in [1.29, 1.82) is 0 Å². The molecule has 0 radical (unpaired) electrons. The van der Waals surface area contributed by atoms with E-state index in [0.29, 0.717) is 6.61 Å². The van der Waals surface area contributed by atoms with Crippen molar-refractivity contribution < 1.29 is 19.7 Å². The van der Waals surface area contributed by atoms with Crippen LogP contribution in [0.5, 0.6) is 0 Å². The summed E-state index contributed by atoms with van der Waals surface area (Å²) in [7, 11) is 0. The van der Waals surface area contributed by atoms with E-state index in [4.69, 9.17) is 14.6 Å². The molecule has 4 nitrogen and oxygen atoms in total. The Morgan fingerprint density at radius 2 is 2.36 bits per heavy atom. The lowest BCUT2D eigenvalue weighted by Crippen LogP contribution is -2.47. The van der Waals surface area contributed by atoms with Gasteiger partial charge in [-0.05, 0) is 0 Å². The first-order chi connectivity index (χ1) is 5.27. The van der Waals surface area contributed by atoms with Crippen molar-refractivity contribution in [3.8, 4) is 0 Å². The van der Waals surface area contributed by atoms with Crippen LogP contribution in [0.2, 0.25) is 0 Å². The number of fused-ring (bicyclic) bond motifs is 2. The van der Waals surface area contributed by atoms with E-state index in [1.807, 2.05) is 0 Å². The van der Waals surface area contributed by atoms with E-state index in [1.54, 1.807) is 12.2 Å². The smallest absolute Gasteiger partial charge is 0.222 e. The van der Waals surface area contributed by atoms with E-state index in [9.17, 15) is 5.11 Å². The molecule has 0 aromatic carbocycles. The molecule has 1 fully saturated rings. The van der Waals surface area contributed by atoms with E-state index < -0.39 is 11.9 Å². The zero-order valence-electron chi connectivity index (χ0n) is 5.93. The molecule has 0 aromatic heterocycles. The predicted octanol–water partition coefficient (Wildman–Crippen LogP) is -0.979. The molecule has 0 saturated carbocycles. The van der Waals surface area contributed by atoms with E-state index in [-0.39, 0.29) is 12.7 Å². The summed E-state index contributed by atoms with van der Waals surface area (Å²) in [6.07, 6.45) is 2.37. The molecule has 0 aromatic rings. The Balaban J connectivity index is 2.27. The fourth-order valence-corrected chi connectivity index (χ4v) is 1.35. The van der Waals surface area contributed by atoms with E-state index >= 15 is 0 Å². The Bertz CT molecular complexity index is 191. The van der Waals surface area contributed by atoms with Crippen LogP contribution < -0.4 is 0 Å². The molecular weight excluding hydrogens is 148 g/mol. The van der Waals surface area contributed by atoms with Crippen molar-refractivity contribution in [2.24, 2.45) is 0 Å². The van der Waals surface area contributed by atoms with Crippen LogP contribution in [0, 0.1) is 0 Å². The quantitative estimate of drug-likeness (QED) is 0.482. The molecule has 2 aliphatic heterocycles. The highest BCUT2D eigenvalue weighted by atomic mass is 16.8. The van der Waals surface area contributed by atoms with Gasteiger partial charge < -0.3 is 19.7 Å². The first-order valence-electron chi connectivity index (χ1n) is 3.56. The molecule has 2 N–H and O–H groups in total. The summed E-state index contributed by atoms with van der Waals surface area (Å²) < 4.78 is 10.4. The minimum Gasteiger partial charge on any atom is -0.391 e. The van der Waals surface area contributed by atoms with Crippen molar-refractivity contribution in [2.75, 3.05) is 13.2 Å². The highest BCUT2D eigenvalue weighted by Gasteiger charge is 2.48. The van der Waals surface area contributed by atoms with E-state index in [0.717, 1.165) is 0 Å². The maximum absolute atomic E-state index is 9.35. The van der Waals surface area contributed by atoms with Crippen LogP contribution in [0.15, 0.2) is 12.2 Å². The standard InChI is InChI=1S/C7H10O4/c8-4-7-6(9)2-1-5(11-7)3-10-7/h1-2,5-6,8-9H,3-4H2/t5-,6-,7+/m1/s1. The maximum atomic E-state index is 9.35. The summed E-state index contributed by atoms with van der Waals surface area (Å²) >= 11 is 0. The Hall–Kier alpha value is -0.420. The van der Waals surface area contributed by atoms with E-state index in [1.165, 1.54) is 0 Å². The van der Waals surface area contributed by atoms with Gasteiger partial charge >= 0.3 is 0 Å². The van der Waals surface area contributed by atoms with Gasteiger partial charge in [0.15, 0.2) is 0 Å². The third-order valence-electron chi connectivity index (χ3n) is 2.02. The van der Waals surface area contributed by atoms with Crippen molar-refractivity contribution in [2.45, 2.75) is 18.0 Å². The number of aliphatic hydroxyl groups excluding tert-OH is 2. The van der Waals surface area contributed by atoms with Crippen LogP contribution in [0.3, 0.4) is 0 Å². The Kier molecular flexibility index (Phi) is 1.50. The predicted molar refractivity (Wildman–Crippen MR) is 35.8 cm³/mol. The lowest BCUT2D eigenvalue weighted by molar-refractivity contribution is -0.235. The summed E-state index contributed by atoms with van der Waals surface area (Å²) in [4.78, 5) is 0. The Morgan fingerprint density at radius 3 is 3.00 bits per heavy atom. The van der Waals surface area contributed by atoms with E-state index in [2.05, 4.69) is 0 Å². The number of hydrogen-bond acceptors (Lipinski definition) is 4. The van der Waals surface area contributed by atoms with Crippen LogP contribution in [-0.4, -0.2) is 41.4 Å². The molecule has 62 valence electrons. The number of aliphatic hydroxyl groups is 2. The monoisotopic (exact) mass is 158 g/mol. The van der Waals surface area contributed by atoms with Gasteiger partial charge in [0, 0.05) is 0 Å². The lowest BCUT2D eigenvalue weighted by Gasteiger charge is -2.30. The summed E-state index contributed by atoms with van der Waals surface area (Å²) in [6.45, 7) is 0.100. The van der Waals surface area contributed by atoms with Crippen molar-refractivity contribution in [3.05, 3.63) is 12.2 Å². The normalized spacial score (nSPS) is 48.2. The van der Waals surface area contributed by atoms with Crippen LogP contribution in [0.25, 0.3) is 0 Å². The fourth-order valence-electron chi connectivity index (χ4n) is 1.35. The van der Waals surface area contributed by atoms with Crippen LogP contribution in [0.1, 0.15) is 0 Å². The minimum absolute atomic E-state index is 0.106. The van der Waals surface area contributed by atoms with Gasteiger partial charge in [-0.2, -0.15) is 0 Å². The van der Waals surface area contributed by atoms with Crippen molar-refractivity contribution >= 4 is 0 Å². The van der Waals surface area contributed by atoms with Gasteiger partial charge in [-0.3, -0.25) is 0 Å².